The summed E-state index contributed by atoms with van der Waals surface area (Å²) in [7, 11) is 0. The second-order valence-corrected chi connectivity index (χ2v) is 7.87. The van der Waals surface area contributed by atoms with Crippen LogP contribution in [0.3, 0.4) is 0 Å². The normalized spacial score (nSPS) is 11.5. The van der Waals surface area contributed by atoms with Crippen LogP contribution in [-0.2, 0) is 14.3 Å². The molecule has 0 heterocycles. The maximum absolute atomic E-state index is 12.6. The lowest BCUT2D eigenvalue weighted by Crippen LogP contribution is -2.22. The molecule has 2 aromatic carbocycles. The molecule has 1 amide bonds. The van der Waals surface area contributed by atoms with Crippen LogP contribution in [0.2, 0.25) is 0 Å². The zero-order valence-electron chi connectivity index (χ0n) is 17.6. The molecule has 0 aliphatic heterocycles. The van der Waals surface area contributed by atoms with Crippen molar-refractivity contribution >= 4 is 29.6 Å². The minimum Gasteiger partial charge on any atom is -0.466 e. The Bertz CT molecular complexity index is 838. The van der Waals surface area contributed by atoms with Gasteiger partial charge in [0.15, 0.2) is 5.78 Å². The van der Waals surface area contributed by atoms with Crippen molar-refractivity contribution in [2.24, 2.45) is 0 Å². The first-order chi connectivity index (χ1) is 14.5. The number of hydrogen-bond acceptors (Lipinski definition) is 5. The SMILES string of the molecule is CCOC(=O)CCCCCSNC(=O)C(C)c1cccc(C(=O)c2ccccc2)c1. The zero-order valence-corrected chi connectivity index (χ0v) is 18.4. The molecular weight excluding hydrogens is 398 g/mol. The third-order valence-electron chi connectivity index (χ3n) is 4.68. The summed E-state index contributed by atoms with van der Waals surface area (Å²) in [6, 6.07) is 16.4. The van der Waals surface area contributed by atoms with Crippen LogP contribution in [0.15, 0.2) is 54.6 Å². The van der Waals surface area contributed by atoms with Gasteiger partial charge in [0, 0.05) is 23.3 Å². The van der Waals surface area contributed by atoms with Gasteiger partial charge in [-0.25, -0.2) is 0 Å². The first kappa shape index (κ1) is 23.7. The highest BCUT2D eigenvalue weighted by atomic mass is 32.2. The lowest BCUT2D eigenvalue weighted by atomic mass is 9.95. The number of ether oxygens (including phenoxy) is 1. The summed E-state index contributed by atoms with van der Waals surface area (Å²) in [6.45, 7) is 4.05. The van der Waals surface area contributed by atoms with Crippen molar-refractivity contribution in [3.05, 3.63) is 71.3 Å². The second-order valence-electron chi connectivity index (χ2n) is 6.97. The van der Waals surface area contributed by atoms with Crippen LogP contribution in [0, 0.1) is 0 Å². The maximum atomic E-state index is 12.6. The van der Waals surface area contributed by atoms with Gasteiger partial charge in [0.25, 0.3) is 0 Å². The molecule has 1 atom stereocenters. The van der Waals surface area contributed by atoms with E-state index in [1.807, 2.05) is 37.3 Å². The molecule has 1 N–H and O–H groups in total. The third-order valence-corrected chi connectivity index (χ3v) is 5.52. The van der Waals surface area contributed by atoms with Crippen molar-refractivity contribution in [3.63, 3.8) is 0 Å². The van der Waals surface area contributed by atoms with Gasteiger partial charge in [-0.15, -0.1) is 0 Å². The van der Waals surface area contributed by atoms with Gasteiger partial charge in [-0.2, -0.15) is 0 Å². The van der Waals surface area contributed by atoms with Crippen LogP contribution in [0.4, 0.5) is 0 Å². The summed E-state index contributed by atoms with van der Waals surface area (Å²) in [5.41, 5.74) is 2.02. The van der Waals surface area contributed by atoms with Gasteiger partial charge in [-0.05, 0) is 38.3 Å². The van der Waals surface area contributed by atoms with Gasteiger partial charge in [0.1, 0.15) is 0 Å². The number of unbranched alkanes of at least 4 members (excludes halogenated alkanes) is 2. The molecule has 0 aromatic heterocycles. The van der Waals surface area contributed by atoms with Crippen LogP contribution in [0.1, 0.15) is 66.9 Å². The number of amides is 1. The lowest BCUT2D eigenvalue weighted by molar-refractivity contribution is -0.143. The number of hydrogen-bond donors (Lipinski definition) is 1. The summed E-state index contributed by atoms with van der Waals surface area (Å²) >= 11 is 1.38. The molecule has 0 aliphatic carbocycles. The minimum absolute atomic E-state index is 0.0535. The van der Waals surface area contributed by atoms with Gasteiger partial charge >= 0.3 is 5.97 Å². The molecule has 2 rings (SSSR count). The van der Waals surface area contributed by atoms with Crippen molar-refractivity contribution in [2.45, 2.75) is 45.4 Å². The molecule has 5 nitrogen and oxygen atoms in total. The molecule has 30 heavy (non-hydrogen) atoms. The predicted molar refractivity (Wildman–Crippen MR) is 120 cm³/mol. The topological polar surface area (TPSA) is 72.5 Å². The highest BCUT2D eigenvalue weighted by Gasteiger charge is 2.17. The monoisotopic (exact) mass is 427 g/mol. The summed E-state index contributed by atoms with van der Waals surface area (Å²) in [5, 5.41) is 0. The fourth-order valence-electron chi connectivity index (χ4n) is 2.92. The molecule has 0 aliphatic rings. The Labute approximate surface area is 182 Å². The number of ketones is 1. The van der Waals surface area contributed by atoms with Crippen molar-refractivity contribution in [3.8, 4) is 0 Å². The van der Waals surface area contributed by atoms with Crippen molar-refractivity contribution < 1.29 is 19.1 Å². The van der Waals surface area contributed by atoms with E-state index in [9.17, 15) is 14.4 Å². The molecular formula is C24H29NO4S. The van der Waals surface area contributed by atoms with E-state index in [2.05, 4.69) is 4.72 Å². The molecule has 0 radical (unpaired) electrons. The first-order valence-corrected chi connectivity index (χ1v) is 11.3. The summed E-state index contributed by atoms with van der Waals surface area (Å²) < 4.78 is 7.78. The number of carbonyl (C=O) groups excluding carboxylic acids is 3. The molecule has 0 bridgehead atoms. The van der Waals surface area contributed by atoms with E-state index in [1.165, 1.54) is 11.9 Å². The first-order valence-electron chi connectivity index (χ1n) is 10.3. The Morgan fingerprint density at radius 2 is 1.70 bits per heavy atom. The van der Waals surface area contributed by atoms with Gasteiger partial charge in [0.2, 0.25) is 5.91 Å². The molecule has 0 spiro atoms. The van der Waals surface area contributed by atoms with Crippen LogP contribution in [-0.4, -0.2) is 30.0 Å². The van der Waals surface area contributed by atoms with Gasteiger partial charge < -0.3 is 4.74 Å². The number of esters is 1. The average Bonchev–Trinajstić information content (AvgIpc) is 2.78. The van der Waals surface area contributed by atoms with E-state index in [-0.39, 0.29) is 23.6 Å². The van der Waals surface area contributed by atoms with Gasteiger partial charge in [-0.3, -0.25) is 19.1 Å². The van der Waals surface area contributed by atoms with Crippen LogP contribution >= 0.6 is 11.9 Å². The van der Waals surface area contributed by atoms with E-state index >= 15 is 0 Å². The molecule has 0 saturated carbocycles. The molecule has 1 unspecified atom stereocenters. The minimum atomic E-state index is -0.357. The zero-order chi connectivity index (χ0) is 21.8. The Kier molecular flexibility index (Phi) is 10.1. The number of benzene rings is 2. The molecule has 6 heteroatoms. The smallest absolute Gasteiger partial charge is 0.305 e. The van der Waals surface area contributed by atoms with Crippen LogP contribution in [0.5, 0.6) is 0 Å². The summed E-state index contributed by atoms with van der Waals surface area (Å²) in [6.07, 6.45) is 3.08. The van der Waals surface area contributed by atoms with Gasteiger partial charge in [-0.1, -0.05) is 66.9 Å². The van der Waals surface area contributed by atoms with Crippen LogP contribution < -0.4 is 4.72 Å². The second kappa shape index (κ2) is 12.9. The predicted octanol–water partition coefficient (Wildman–Crippen LogP) is 4.91. The molecule has 160 valence electrons. The number of rotatable bonds is 12. The fourth-order valence-corrected chi connectivity index (χ4v) is 3.69. The van der Waals surface area contributed by atoms with E-state index in [0.29, 0.717) is 24.2 Å². The van der Waals surface area contributed by atoms with Crippen molar-refractivity contribution in [2.75, 3.05) is 12.4 Å². The fraction of sp³-hybridized carbons (Fsp3) is 0.375. The van der Waals surface area contributed by atoms with Crippen LogP contribution in [0.25, 0.3) is 0 Å². The molecule has 0 saturated heterocycles. The average molecular weight is 428 g/mol. The Morgan fingerprint density at radius 3 is 2.43 bits per heavy atom. The Balaban J connectivity index is 1.77. The Hall–Kier alpha value is -2.60. The number of carbonyl (C=O) groups is 3. The molecule has 0 fully saturated rings. The highest BCUT2D eigenvalue weighted by Crippen LogP contribution is 2.20. The lowest BCUT2D eigenvalue weighted by Gasteiger charge is -2.13. The van der Waals surface area contributed by atoms with E-state index in [0.717, 1.165) is 30.6 Å². The number of nitrogens with one attached hydrogen (secondary N) is 1. The summed E-state index contributed by atoms with van der Waals surface area (Å²) in [5.74, 6) is 0.136. The quantitative estimate of drug-likeness (QED) is 0.226. The van der Waals surface area contributed by atoms with Crippen molar-refractivity contribution in [1.82, 2.24) is 4.72 Å². The van der Waals surface area contributed by atoms with E-state index in [4.69, 9.17) is 4.74 Å². The largest absolute Gasteiger partial charge is 0.466 e. The van der Waals surface area contributed by atoms with E-state index < -0.39 is 0 Å². The molecule has 2 aromatic rings. The third kappa shape index (κ3) is 7.67. The van der Waals surface area contributed by atoms with Gasteiger partial charge in [0.05, 0.1) is 12.5 Å². The standard InChI is InChI=1S/C24H29NO4S/c1-3-29-22(26)15-8-5-9-16-30-25-24(28)18(2)20-13-10-14-21(17-20)23(27)19-11-6-4-7-12-19/h4,6-7,10-14,17-18H,3,5,8-9,15-16H2,1-2H3,(H,25,28). The van der Waals surface area contributed by atoms with E-state index in [1.54, 1.807) is 31.2 Å². The Morgan fingerprint density at radius 1 is 0.967 bits per heavy atom. The summed E-state index contributed by atoms with van der Waals surface area (Å²) in [4.78, 5) is 36.4. The van der Waals surface area contributed by atoms with Crippen molar-refractivity contribution in [1.29, 1.82) is 0 Å². The maximum Gasteiger partial charge on any atom is 0.305 e. The highest BCUT2D eigenvalue weighted by molar-refractivity contribution is 7.97.